The summed E-state index contributed by atoms with van der Waals surface area (Å²) < 4.78 is 1.80. The van der Waals surface area contributed by atoms with E-state index in [-0.39, 0.29) is 0 Å². The van der Waals surface area contributed by atoms with Gasteiger partial charge < -0.3 is 5.32 Å². The van der Waals surface area contributed by atoms with Gasteiger partial charge in [0.1, 0.15) is 7.05 Å². The molecule has 0 aromatic rings. The Morgan fingerprint density at radius 2 is 2.11 bits per heavy atom. The summed E-state index contributed by atoms with van der Waals surface area (Å²) in [5.41, 5.74) is 5.27. The highest BCUT2D eigenvalue weighted by Crippen LogP contribution is 2.20. The molecule has 3 heteroatoms. The summed E-state index contributed by atoms with van der Waals surface area (Å²) in [6.45, 7) is 15.9. The molecule has 0 saturated heterocycles. The van der Waals surface area contributed by atoms with E-state index in [1.54, 1.807) is 4.58 Å². The molecule has 0 bridgehead atoms. The summed E-state index contributed by atoms with van der Waals surface area (Å²) in [6, 6.07) is 0.325. The van der Waals surface area contributed by atoms with Crippen molar-refractivity contribution in [3.8, 4) is 0 Å². The van der Waals surface area contributed by atoms with Gasteiger partial charge in [0, 0.05) is 19.5 Å². The van der Waals surface area contributed by atoms with Gasteiger partial charge in [-0.2, -0.15) is 4.58 Å². The minimum Gasteiger partial charge on any atom is -0.378 e. The van der Waals surface area contributed by atoms with Crippen LogP contribution < -0.4 is 5.32 Å². The van der Waals surface area contributed by atoms with Gasteiger partial charge in [0.05, 0.1) is 17.6 Å². The molecule has 0 aromatic heterocycles. The third kappa shape index (κ3) is 2.88. The molecule has 0 saturated carbocycles. The fourth-order valence-electron chi connectivity index (χ4n) is 1.72. The van der Waals surface area contributed by atoms with Crippen LogP contribution in [0.1, 0.15) is 27.7 Å². The fraction of sp³-hybridized carbons (Fsp3) is 0.400. The van der Waals surface area contributed by atoms with E-state index in [2.05, 4.69) is 50.1 Å². The lowest BCUT2D eigenvalue weighted by Crippen LogP contribution is -2.36. The van der Waals surface area contributed by atoms with Crippen LogP contribution in [0, 0.1) is 0 Å². The zero-order valence-corrected chi connectivity index (χ0v) is 12.0. The molecule has 1 N–H and O–H groups in total. The first-order valence-electron chi connectivity index (χ1n) is 6.03. The van der Waals surface area contributed by atoms with Crippen molar-refractivity contribution >= 4 is 11.6 Å². The monoisotopic (exact) mass is 244 g/mol. The lowest BCUT2D eigenvalue weighted by Gasteiger charge is -2.27. The maximum atomic E-state index is 4.52. The fourth-order valence-corrected chi connectivity index (χ4v) is 1.72. The van der Waals surface area contributed by atoms with Gasteiger partial charge in [0.2, 0.25) is 5.70 Å². The summed E-state index contributed by atoms with van der Waals surface area (Å²) >= 11 is 0. The van der Waals surface area contributed by atoms with E-state index in [4.69, 9.17) is 0 Å². The molecule has 96 valence electrons. The third-order valence-corrected chi connectivity index (χ3v) is 3.42. The van der Waals surface area contributed by atoms with Gasteiger partial charge in [-0.15, -0.1) is 0 Å². The van der Waals surface area contributed by atoms with Gasteiger partial charge in [0.25, 0.3) is 0 Å². The lowest BCUT2D eigenvalue weighted by molar-refractivity contribution is -0.435. The summed E-state index contributed by atoms with van der Waals surface area (Å²) in [5, 5.41) is 3.32. The van der Waals surface area contributed by atoms with Crippen molar-refractivity contribution in [2.75, 3.05) is 7.05 Å². The number of hydrogen-bond acceptors (Lipinski definition) is 2. The highest BCUT2D eigenvalue weighted by atomic mass is 15.0. The van der Waals surface area contributed by atoms with Crippen LogP contribution >= 0.6 is 0 Å². The summed E-state index contributed by atoms with van der Waals surface area (Å²) in [7, 11) is 1.89. The Hall–Kier alpha value is -1.86. The SMILES string of the molecule is C=C=[N+](C)/C(C)=C/N=C1\C(=C)NC(C)C(C)=C1C. The molecule has 1 heterocycles. The van der Waals surface area contributed by atoms with Crippen LogP contribution in [0.25, 0.3) is 0 Å². The average Bonchev–Trinajstić information content (AvgIpc) is 2.34. The van der Waals surface area contributed by atoms with E-state index in [1.165, 1.54) is 11.1 Å². The van der Waals surface area contributed by atoms with Gasteiger partial charge in [-0.1, -0.05) is 6.58 Å². The molecule has 1 unspecified atom stereocenters. The molecule has 1 aliphatic heterocycles. The van der Waals surface area contributed by atoms with E-state index in [1.807, 2.05) is 20.2 Å². The van der Waals surface area contributed by atoms with Gasteiger partial charge in [-0.3, -0.25) is 0 Å². The molecule has 18 heavy (non-hydrogen) atoms. The van der Waals surface area contributed by atoms with Crippen LogP contribution in [0.15, 0.2) is 46.9 Å². The van der Waals surface area contributed by atoms with Gasteiger partial charge in [0.15, 0.2) is 5.87 Å². The van der Waals surface area contributed by atoms with E-state index in [9.17, 15) is 0 Å². The van der Waals surface area contributed by atoms with E-state index in [0.29, 0.717) is 6.04 Å². The number of rotatable bonds is 2. The minimum atomic E-state index is 0.325. The van der Waals surface area contributed by atoms with Crippen molar-refractivity contribution in [2.24, 2.45) is 4.99 Å². The van der Waals surface area contributed by atoms with Crippen molar-refractivity contribution in [3.05, 3.63) is 41.9 Å². The highest BCUT2D eigenvalue weighted by molar-refractivity contribution is 6.13. The molecular formula is C15H22N3+. The second-order valence-corrected chi connectivity index (χ2v) is 4.62. The smallest absolute Gasteiger partial charge is 0.205 e. The summed E-state index contributed by atoms with van der Waals surface area (Å²) in [4.78, 5) is 4.52. The van der Waals surface area contributed by atoms with E-state index in [0.717, 1.165) is 17.1 Å². The third-order valence-electron chi connectivity index (χ3n) is 3.42. The molecule has 1 rings (SSSR count). The number of allylic oxidation sites excluding steroid dienone is 2. The van der Waals surface area contributed by atoms with Crippen molar-refractivity contribution in [3.63, 3.8) is 0 Å². The second kappa shape index (κ2) is 5.65. The van der Waals surface area contributed by atoms with Crippen LogP contribution in [0.3, 0.4) is 0 Å². The largest absolute Gasteiger partial charge is 0.378 e. The number of nitrogens with one attached hydrogen (secondary N) is 1. The Bertz CT molecular complexity index is 512. The van der Waals surface area contributed by atoms with Crippen LogP contribution in [0.4, 0.5) is 0 Å². The Morgan fingerprint density at radius 3 is 2.67 bits per heavy atom. The highest BCUT2D eigenvalue weighted by Gasteiger charge is 2.20. The zero-order valence-electron chi connectivity index (χ0n) is 12.0. The first-order chi connectivity index (χ1) is 8.38. The van der Waals surface area contributed by atoms with Crippen molar-refractivity contribution in [1.29, 1.82) is 0 Å². The quantitative estimate of drug-likeness (QED) is 0.587. The van der Waals surface area contributed by atoms with Crippen molar-refractivity contribution < 1.29 is 4.58 Å². The molecule has 0 spiro atoms. The lowest BCUT2D eigenvalue weighted by atomic mass is 9.94. The molecule has 0 aliphatic carbocycles. The van der Waals surface area contributed by atoms with Gasteiger partial charge in [-0.25, -0.2) is 4.99 Å². The number of hydrogen-bond donors (Lipinski definition) is 1. The topological polar surface area (TPSA) is 27.4 Å². The molecule has 3 nitrogen and oxygen atoms in total. The maximum absolute atomic E-state index is 4.52. The predicted molar refractivity (Wildman–Crippen MR) is 78.1 cm³/mol. The normalized spacial score (nSPS) is 22.9. The second-order valence-electron chi connectivity index (χ2n) is 4.62. The molecule has 0 radical (unpaired) electrons. The van der Waals surface area contributed by atoms with E-state index < -0.39 is 0 Å². The molecule has 1 atom stereocenters. The Kier molecular flexibility index (Phi) is 4.46. The van der Waals surface area contributed by atoms with Crippen molar-refractivity contribution in [2.45, 2.75) is 33.7 Å². The van der Waals surface area contributed by atoms with Crippen LogP contribution in [-0.2, 0) is 0 Å². The van der Waals surface area contributed by atoms with E-state index >= 15 is 0 Å². The van der Waals surface area contributed by atoms with Gasteiger partial charge in [-0.05, 0) is 31.9 Å². The average molecular weight is 244 g/mol. The molecule has 0 amide bonds. The number of aliphatic imine (C=N–C) groups is 1. The first-order valence-corrected chi connectivity index (χ1v) is 6.03. The number of nitrogens with zero attached hydrogens (tertiary/aromatic N) is 2. The maximum Gasteiger partial charge on any atom is 0.205 e. The molecule has 1 aliphatic rings. The van der Waals surface area contributed by atoms with Crippen LogP contribution in [0.2, 0.25) is 0 Å². The molecule has 0 aromatic carbocycles. The van der Waals surface area contributed by atoms with Crippen LogP contribution in [0.5, 0.6) is 0 Å². The Balaban J connectivity index is 3.17. The van der Waals surface area contributed by atoms with Crippen LogP contribution in [-0.4, -0.2) is 29.2 Å². The minimum absolute atomic E-state index is 0.325. The molecule has 0 fully saturated rings. The Morgan fingerprint density at radius 1 is 1.50 bits per heavy atom. The van der Waals surface area contributed by atoms with Crippen molar-refractivity contribution in [1.82, 2.24) is 5.32 Å². The summed E-state index contributed by atoms with van der Waals surface area (Å²) in [6.07, 6.45) is 1.81. The predicted octanol–water partition coefficient (Wildman–Crippen LogP) is 2.63. The first kappa shape index (κ1) is 14.2. The standard InChI is InChI=1S/C15H22N3/c1-8-18(7)10(2)9-16-15-12(4)11(3)13(5)17-14(15)6/h9,13,17H,1,6H2,2-5,7H3/q+1/b10-9+,16-15-. The summed E-state index contributed by atoms with van der Waals surface area (Å²) in [5.74, 6) is 2.79. The van der Waals surface area contributed by atoms with Gasteiger partial charge >= 0.3 is 0 Å². The molecular weight excluding hydrogens is 222 g/mol. The zero-order chi connectivity index (χ0) is 13.9. The Labute approximate surface area is 110 Å².